The highest BCUT2D eigenvalue weighted by atomic mass is 16.3. The molecule has 0 saturated carbocycles. The lowest BCUT2D eigenvalue weighted by Gasteiger charge is -2.28. The third kappa shape index (κ3) is 2.26. The van der Waals surface area contributed by atoms with Crippen LogP contribution in [-0.2, 0) is 5.54 Å². The Balaban J connectivity index is 2.89. The third-order valence-corrected chi connectivity index (χ3v) is 2.20. The maximum absolute atomic E-state index is 9.29. The fraction of sp³-hybridized carbons (Fsp3) is 0.500. The number of hydrogen-bond acceptors (Lipinski definition) is 3. The van der Waals surface area contributed by atoms with Crippen molar-refractivity contribution in [1.29, 1.82) is 0 Å². The van der Waals surface area contributed by atoms with Crippen LogP contribution >= 0.6 is 0 Å². The average Bonchev–Trinajstić information content (AvgIpc) is 2.19. The van der Waals surface area contributed by atoms with E-state index >= 15 is 0 Å². The van der Waals surface area contributed by atoms with Gasteiger partial charge in [0.05, 0.1) is 12.1 Å². The van der Waals surface area contributed by atoms with Gasteiger partial charge in [0.2, 0.25) is 0 Å². The molecule has 1 atom stereocenters. The maximum Gasteiger partial charge on any atom is 0.0652 e. The molecule has 1 aromatic rings. The van der Waals surface area contributed by atoms with E-state index in [1.807, 2.05) is 26.0 Å². The van der Waals surface area contributed by atoms with Gasteiger partial charge in [0, 0.05) is 12.4 Å². The summed E-state index contributed by atoms with van der Waals surface area (Å²) in [5.74, 6) is 0. The molecule has 0 aliphatic heterocycles. The lowest BCUT2D eigenvalue weighted by Crippen LogP contribution is -2.42. The van der Waals surface area contributed by atoms with Gasteiger partial charge >= 0.3 is 0 Å². The molecular weight excluding hydrogens is 164 g/mol. The lowest BCUT2D eigenvalue weighted by atomic mass is 9.94. The predicted octanol–water partition coefficient (Wildman–Crippen LogP) is 0.899. The van der Waals surface area contributed by atoms with Crippen molar-refractivity contribution in [3.8, 4) is 0 Å². The van der Waals surface area contributed by atoms with Crippen LogP contribution in [0.15, 0.2) is 24.5 Å². The molecule has 1 rings (SSSR count). The van der Waals surface area contributed by atoms with Crippen molar-refractivity contribution in [3.63, 3.8) is 0 Å². The lowest BCUT2D eigenvalue weighted by molar-refractivity contribution is 0.177. The van der Waals surface area contributed by atoms with E-state index in [0.717, 1.165) is 12.1 Å². The van der Waals surface area contributed by atoms with Gasteiger partial charge in [-0.2, -0.15) is 0 Å². The van der Waals surface area contributed by atoms with Crippen molar-refractivity contribution in [2.24, 2.45) is 0 Å². The highest BCUT2D eigenvalue weighted by molar-refractivity contribution is 5.20. The number of likely N-dealkylation sites (N-methyl/N-ethyl adjacent to an activating group) is 1. The molecule has 0 saturated heterocycles. The first-order valence-electron chi connectivity index (χ1n) is 4.49. The number of rotatable bonds is 4. The Hall–Kier alpha value is -0.930. The molecule has 72 valence electrons. The number of nitrogens with one attached hydrogen (secondary N) is 1. The van der Waals surface area contributed by atoms with Crippen molar-refractivity contribution in [3.05, 3.63) is 30.1 Å². The minimum atomic E-state index is -0.350. The van der Waals surface area contributed by atoms with Gasteiger partial charge in [-0.15, -0.1) is 0 Å². The number of pyridine rings is 1. The van der Waals surface area contributed by atoms with E-state index in [1.165, 1.54) is 0 Å². The molecule has 0 aromatic carbocycles. The van der Waals surface area contributed by atoms with E-state index in [4.69, 9.17) is 0 Å². The summed E-state index contributed by atoms with van der Waals surface area (Å²) < 4.78 is 0. The van der Waals surface area contributed by atoms with Crippen molar-refractivity contribution in [1.82, 2.24) is 10.3 Å². The van der Waals surface area contributed by atoms with E-state index in [-0.39, 0.29) is 12.1 Å². The van der Waals surface area contributed by atoms with Crippen LogP contribution in [0, 0.1) is 0 Å². The SMILES string of the molecule is CCNC(C)(CO)c1ccncc1. The average molecular weight is 180 g/mol. The summed E-state index contributed by atoms with van der Waals surface area (Å²) in [4.78, 5) is 3.94. The maximum atomic E-state index is 9.29. The van der Waals surface area contributed by atoms with Crippen LogP contribution in [0.4, 0.5) is 0 Å². The van der Waals surface area contributed by atoms with Crippen molar-refractivity contribution >= 4 is 0 Å². The molecule has 2 N–H and O–H groups in total. The molecule has 0 amide bonds. The summed E-state index contributed by atoms with van der Waals surface area (Å²) in [6.45, 7) is 4.92. The Morgan fingerprint density at radius 2 is 2.08 bits per heavy atom. The first-order chi connectivity index (χ1) is 6.23. The highest BCUT2D eigenvalue weighted by Crippen LogP contribution is 2.18. The monoisotopic (exact) mass is 180 g/mol. The molecule has 0 aliphatic carbocycles. The summed E-state index contributed by atoms with van der Waals surface area (Å²) >= 11 is 0. The van der Waals surface area contributed by atoms with Crippen molar-refractivity contribution in [2.45, 2.75) is 19.4 Å². The van der Waals surface area contributed by atoms with E-state index in [0.29, 0.717) is 0 Å². The van der Waals surface area contributed by atoms with E-state index in [9.17, 15) is 5.11 Å². The Kier molecular flexibility index (Phi) is 3.39. The Morgan fingerprint density at radius 1 is 1.46 bits per heavy atom. The summed E-state index contributed by atoms with van der Waals surface area (Å²) in [5, 5.41) is 12.5. The molecule has 1 aromatic heterocycles. The smallest absolute Gasteiger partial charge is 0.0652 e. The van der Waals surface area contributed by atoms with Crippen LogP contribution in [0.1, 0.15) is 19.4 Å². The quantitative estimate of drug-likeness (QED) is 0.723. The van der Waals surface area contributed by atoms with Crippen LogP contribution in [0.3, 0.4) is 0 Å². The third-order valence-electron chi connectivity index (χ3n) is 2.20. The highest BCUT2D eigenvalue weighted by Gasteiger charge is 2.23. The van der Waals surface area contributed by atoms with E-state index < -0.39 is 0 Å². The standard InChI is InChI=1S/C10H16N2O/c1-3-12-10(2,8-13)9-4-6-11-7-5-9/h4-7,12-13H,3,8H2,1-2H3. The number of nitrogens with zero attached hydrogens (tertiary/aromatic N) is 1. The van der Waals surface area contributed by atoms with E-state index in [1.54, 1.807) is 12.4 Å². The zero-order valence-corrected chi connectivity index (χ0v) is 8.12. The van der Waals surface area contributed by atoms with Crippen LogP contribution in [0.25, 0.3) is 0 Å². The van der Waals surface area contributed by atoms with E-state index in [2.05, 4.69) is 10.3 Å². The van der Waals surface area contributed by atoms with Crippen LogP contribution < -0.4 is 5.32 Å². The molecule has 0 spiro atoms. The molecule has 1 unspecified atom stereocenters. The van der Waals surface area contributed by atoms with Gasteiger partial charge in [-0.25, -0.2) is 0 Å². The Bertz CT molecular complexity index is 250. The second kappa shape index (κ2) is 4.35. The number of aliphatic hydroxyl groups is 1. The number of aliphatic hydroxyl groups excluding tert-OH is 1. The molecule has 0 aliphatic rings. The second-order valence-corrected chi connectivity index (χ2v) is 3.26. The molecule has 0 radical (unpaired) electrons. The van der Waals surface area contributed by atoms with Gasteiger partial charge in [-0.1, -0.05) is 6.92 Å². The topological polar surface area (TPSA) is 45.1 Å². The summed E-state index contributed by atoms with van der Waals surface area (Å²) in [6.07, 6.45) is 3.47. The van der Waals surface area contributed by atoms with Crippen molar-refractivity contribution < 1.29 is 5.11 Å². The van der Waals surface area contributed by atoms with Crippen LogP contribution in [0.2, 0.25) is 0 Å². The molecule has 3 nitrogen and oxygen atoms in total. The summed E-state index contributed by atoms with van der Waals surface area (Å²) in [6, 6.07) is 3.83. The summed E-state index contributed by atoms with van der Waals surface area (Å²) in [5.41, 5.74) is 0.712. The molecule has 0 bridgehead atoms. The largest absolute Gasteiger partial charge is 0.394 e. The second-order valence-electron chi connectivity index (χ2n) is 3.26. The first kappa shape index (κ1) is 10.2. The molecule has 0 fully saturated rings. The summed E-state index contributed by atoms with van der Waals surface area (Å²) in [7, 11) is 0. The van der Waals surface area contributed by atoms with Crippen LogP contribution in [0.5, 0.6) is 0 Å². The normalized spacial score (nSPS) is 15.3. The minimum Gasteiger partial charge on any atom is -0.394 e. The van der Waals surface area contributed by atoms with Gasteiger partial charge in [0.25, 0.3) is 0 Å². The van der Waals surface area contributed by atoms with Crippen LogP contribution in [-0.4, -0.2) is 23.2 Å². The number of aromatic nitrogens is 1. The molecule has 3 heteroatoms. The Labute approximate surface area is 78.8 Å². The van der Waals surface area contributed by atoms with Crippen molar-refractivity contribution in [2.75, 3.05) is 13.2 Å². The molecular formula is C10H16N2O. The van der Waals surface area contributed by atoms with Gasteiger partial charge in [-0.3, -0.25) is 4.98 Å². The number of hydrogen-bond donors (Lipinski definition) is 2. The van der Waals surface area contributed by atoms with Gasteiger partial charge in [0.15, 0.2) is 0 Å². The predicted molar refractivity (Wildman–Crippen MR) is 52.4 cm³/mol. The fourth-order valence-corrected chi connectivity index (χ4v) is 1.36. The van der Waals surface area contributed by atoms with Gasteiger partial charge in [0.1, 0.15) is 0 Å². The fourth-order valence-electron chi connectivity index (χ4n) is 1.36. The Morgan fingerprint density at radius 3 is 2.54 bits per heavy atom. The minimum absolute atomic E-state index is 0.0881. The zero-order valence-electron chi connectivity index (χ0n) is 8.12. The zero-order chi connectivity index (χ0) is 9.73. The van der Waals surface area contributed by atoms with Gasteiger partial charge < -0.3 is 10.4 Å². The van der Waals surface area contributed by atoms with Gasteiger partial charge in [-0.05, 0) is 31.2 Å². The first-order valence-corrected chi connectivity index (χ1v) is 4.49. The molecule has 1 heterocycles. The molecule has 13 heavy (non-hydrogen) atoms.